The highest BCUT2D eigenvalue weighted by Crippen LogP contribution is 2.19. The van der Waals surface area contributed by atoms with Crippen molar-refractivity contribution in [2.24, 2.45) is 5.92 Å². The monoisotopic (exact) mass is 297 g/mol. The van der Waals surface area contributed by atoms with Crippen LogP contribution in [0.2, 0.25) is 0 Å². The molecule has 0 aliphatic carbocycles. The number of amides is 2. The van der Waals surface area contributed by atoms with Crippen LogP contribution in [-0.2, 0) is 20.8 Å². The number of carboxylic acids is 1. The summed E-state index contributed by atoms with van der Waals surface area (Å²) in [6.45, 7) is 0.363. The fourth-order valence-corrected chi connectivity index (χ4v) is 2.65. The number of carboxylic acid groups (broad SMARTS) is 1. The molecule has 3 N–H and O–H groups in total. The summed E-state index contributed by atoms with van der Waals surface area (Å²) in [6.07, 6.45) is 1.41. The third-order valence-electron chi connectivity index (χ3n) is 2.95. The van der Waals surface area contributed by atoms with Crippen LogP contribution in [0.3, 0.4) is 0 Å². The minimum absolute atomic E-state index is 0.106. The molecule has 1 aromatic heterocycles. The zero-order valence-corrected chi connectivity index (χ0v) is 11.5. The predicted octanol–water partition coefficient (Wildman–Crippen LogP) is 0.625. The molecule has 2 heterocycles. The molecule has 1 aliphatic rings. The van der Waals surface area contributed by atoms with E-state index in [1.807, 2.05) is 0 Å². The lowest BCUT2D eigenvalue weighted by Crippen LogP contribution is -2.24. The summed E-state index contributed by atoms with van der Waals surface area (Å²) in [7, 11) is 0. The van der Waals surface area contributed by atoms with E-state index in [-0.39, 0.29) is 30.6 Å². The zero-order valence-electron chi connectivity index (χ0n) is 10.7. The number of carbonyl (C=O) groups excluding carboxylic acids is 2. The van der Waals surface area contributed by atoms with Crippen LogP contribution in [-0.4, -0.2) is 34.4 Å². The Morgan fingerprint density at radius 2 is 2.35 bits per heavy atom. The lowest BCUT2D eigenvalue weighted by atomic mass is 10.1. The van der Waals surface area contributed by atoms with E-state index >= 15 is 0 Å². The van der Waals surface area contributed by atoms with Gasteiger partial charge in [-0.25, -0.2) is 4.98 Å². The number of thiazole rings is 1. The number of aliphatic carboxylic acids is 1. The summed E-state index contributed by atoms with van der Waals surface area (Å²) in [6, 6.07) is 0. The van der Waals surface area contributed by atoms with Crippen molar-refractivity contribution in [1.82, 2.24) is 10.3 Å². The van der Waals surface area contributed by atoms with Crippen molar-refractivity contribution in [3.05, 3.63) is 11.1 Å². The van der Waals surface area contributed by atoms with E-state index in [1.54, 1.807) is 5.38 Å². The van der Waals surface area contributed by atoms with Crippen LogP contribution in [0.4, 0.5) is 5.13 Å². The molecule has 1 fully saturated rings. The minimum Gasteiger partial charge on any atom is -0.481 e. The van der Waals surface area contributed by atoms with Gasteiger partial charge in [-0.1, -0.05) is 0 Å². The molecule has 1 unspecified atom stereocenters. The van der Waals surface area contributed by atoms with E-state index in [4.69, 9.17) is 5.11 Å². The molecular weight excluding hydrogens is 282 g/mol. The van der Waals surface area contributed by atoms with Gasteiger partial charge < -0.3 is 15.7 Å². The van der Waals surface area contributed by atoms with Crippen LogP contribution in [0, 0.1) is 5.92 Å². The second-order valence-electron chi connectivity index (χ2n) is 4.59. The van der Waals surface area contributed by atoms with Gasteiger partial charge in [0.05, 0.1) is 11.6 Å². The van der Waals surface area contributed by atoms with Gasteiger partial charge in [-0.05, 0) is 12.8 Å². The Balaban J connectivity index is 1.81. The van der Waals surface area contributed by atoms with E-state index in [0.717, 1.165) is 5.69 Å². The van der Waals surface area contributed by atoms with Crippen molar-refractivity contribution in [3.8, 4) is 0 Å². The van der Waals surface area contributed by atoms with Gasteiger partial charge in [0.25, 0.3) is 0 Å². The van der Waals surface area contributed by atoms with Crippen LogP contribution in [0.5, 0.6) is 0 Å². The molecule has 1 saturated heterocycles. The second-order valence-corrected chi connectivity index (χ2v) is 5.44. The number of nitrogens with zero attached hydrogens (tertiary/aromatic N) is 1. The average Bonchev–Trinajstić information content (AvgIpc) is 2.98. The zero-order chi connectivity index (χ0) is 14.5. The van der Waals surface area contributed by atoms with E-state index < -0.39 is 5.97 Å². The van der Waals surface area contributed by atoms with Gasteiger partial charge in [-0.2, -0.15) is 0 Å². The Morgan fingerprint density at radius 3 is 3.00 bits per heavy atom. The molecule has 0 bridgehead atoms. The largest absolute Gasteiger partial charge is 0.481 e. The Bertz CT molecular complexity index is 529. The number of rotatable bonds is 6. The summed E-state index contributed by atoms with van der Waals surface area (Å²) in [4.78, 5) is 37.5. The van der Waals surface area contributed by atoms with Crippen LogP contribution in [0.15, 0.2) is 5.38 Å². The van der Waals surface area contributed by atoms with E-state index in [9.17, 15) is 14.4 Å². The Kier molecular flexibility index (Phi) is 4.67. The molecule has 8 heteroatoms. The van der Waals surface area contributed by atoms with Crippen molar-refractivity contribution in [1.29, 1.82) is 0 Å². The van der Waals surface area contributed by atoms with E-state index in [2.05, 4.69) is 15.6 Å². The quantitative estimate of drug-likeness (QED) is 0.713. The van der Waals surface area contributed by atoms with Crippen LogP contribution < -0.4 is 10.6 Å². The molecule has 0 aromatic carbocycles. The molecule has 108 valence electrons. The molecule has 2 amide bonds. The summed E-state index contributed by atoms with van der Waals surface area (Å²) in [5.74, 6) is -1.50. The first-order valence-corrected chi connectivity index (χ1v) is 7.16. The van der Waals surface area contributed by atoms with Gasteiger partial charge >= 0.3 is 5.97 Å². The molecule has 1 aromatic rings. The number of aryl methyl sites for hydroxylation is 1. The highest BCUT2D eigenvalue weighted by Gasteiger charge is 2.28. The maximum Gasteiger partial charge on any atom is 0.303 e. The lowest BCUT2D eigenvalue weighted by Gasteiger charge is -2.05. The third-order valence-corrected chi connectivity index (χ3v) is 3.76. The topological polar surface area (TPSA) is 108 Å². The van der Waals surface area contributed by atoms with Gasteiger partial charge in [0.1, 0.15) is 0 Å². The van der Waals surface area contributed by atoms with Gasteiger partial charge in [-0.15, -0.1) is 11.3 Å². The fourth-order valence-electron chi connectivity index (χ4n) is 1.90. The summed E-state index contributed by atoms with van der Waals surface area (Å²) < 4.78 is 0. The molecule has 2 rings (SSSR count). The average molecular weight is 297 g/mol. The summed E-state index contributed by atoms with van der Waals surface area (Å²) in [5.41, 5.74) is 0.771. The molecule has 0 saturated carbocycles. The molecule has 7 nitrogen and oxygen atoms in total. The smallest absolute Gasteiger partial charge is 0.303 e. The van der Waals surface area contributed by atoms with Crippen molar-refractivity contribution in [2.45, 2.75) is 25.7 Å². The second kappa shape index (κ2) is 6.47. The van der Waals surface area contributed by atoms with Gasteiger partial charge in [0.2, 0.25) is 11.8 Å². The number of hydrogen-bond acceptors (Lipinski definition) is 5. The first kappa shape index (κ1) is 14.4. The Hall–Kier alpha value is -1.96. The highest BCUT2D eigenvalue weighted by atomic mass is 32.1. The van der Waals surface area contributed by atoms with Crippen LogP contribution >= 0.6 is 11.3 Å². The standard InChI is InChI=1S/C12H15N3O4S/c16-9-4-7(5-13-9)11(19)15-12-14-8(6-20-12)2-1-3-10(17)18/h6-7H,1-5H2,(H,13,16)(H,17,18)(H,14,15,19). The Labute approximate surface area is 119 Å². The van der Waals surface area contributed by atoms with Crippen molar-refractivity contribution >= 4 is 34.3 Å². The Morgan fingerprint density at radius 1 is 1.55 bits per heavy atom. The van der Waals surface area contributed by atoms with E-state index in [1.165, 1.54) is 11.3 Å². The molecule has 20 heavy (non-hydrogen) atoms. The van der Waals surface area contributed by atoms with Crippen LogP contribution in [0.1, 0.15) is 25.0 Å². The van der Waals surface area contributed by atoms with Crippen LogP contribution in [0.25, 0.3) is 0 Å². The maximum absolute atomic E-state index is 11.9. The summed E-state index contributed by atoms with van der Waals surface area (Å²) >= 11 is 1.30. The van der Waals surface area contributed by atoms with Crippen molar-refractivity contribution < 1.29 is 19.5 Å². The first-order chi connectivity index (χ1) is 9.54. The van der Waals surface area contributed by atoms with Gasteiger partial charge in [0, 0.05) is 24.8 Å². The number of carbonyl (C=O) groups is 3. The predicted molar refractivity (Wildman–Crippen MR) is 72.4 cm³/mol. The fraction of sp³-hybridized carbons (Fsp3) is 0.500. The number of nitrogens with one attached hydrogen (secondary N) is 2. The SMILES string of the molecule is O=C(O)CCCc1csc(NC(=O)C2CNC(=O)C2)n1. The molecular formula is C12H15N3O4S. The van der Waals surface area contributed by atoms with E-state index in [0.29, 0.717) is 24.5 Å². The lowest BCUT2D eigenvalue weighted by molar-refractivity contribution is -0.137. The molecule has 0 spiro atoms. The summed E-state index contributed by atoms with van der Waals surface area (Å²) in [5, 5.41) is 16.1. The molecule has 1 aliphatic heterocycles. The molecule has 1 atom stereocenters. The highest BCUT2D eigenvalue weighted by molar-refractivity contribution is 7.13. The number of hydrogen-bond donors (Lipinski definition) is 3. The van der Waals surface area contributed by atoms with Crippen molar-refractivity contribution in [2.75, 3.05) is 11.9 Å². The van der Waals surface area contributed by atoms with Gasteiger partial charge in [-0.3, -0.25) is 14.4 Å². The molecule has 0 radical (unpaired) electrons. The van der Waals surface area contributed by atoms with Gasteiger partial charge in [0.15, 0.2) is 5.13 Å². The normalized spacial score (nSPS) is 17.8. The number of anilines is 1. The van der Waals surface area contributed by atoms with Crippen molar-refractivity contribution in [3.63, 3.8) is 0 Å². The third kappa shape index (κ3) is 4.02. The number of aromatic nitrogens is 1. The first-order valence-electron chi connectivity index (χ1n) is 6.28. The maximum atomic E-state index is 11.9. The minimum atomic E-state index is -0.827.